The molecule has 0 bridgehead atoms. The van der Waals surface area contributed by atoms with Gasteiger partial charge in [0.1, 0.15) is 12.4 Å². The number of primary amides is 1. The summed E-state index contributed by atoms with van der Waals surface area (Å²) < 4.78 is 0.966. The monoisotopic (exact) mass is 418 g/mol. The molecule has 4 N–H and O–H groups in total. The lowest BCUT2D eigenvalue weighted by molar-refractivity contribution is -0.123. The largest absolute Gasteiger partial charge is 0.364 e. The minimum absolute atomic E-state index is 0.0342. The number of carbonyl (C=O) groups is 2. The van der Waals surface area contributed by atoms with Gasteiger partial charge in [-0.1, -0.05) is 44.2 Å². The van der Waals surface area contributed by atoms with Crippen LogP contribution in [0.25, 0.3) is 21.8 Å². The second-order valence-electron chi connectivity index (χ2n) is 7.65. The molecule has 2 heterocycles. The van der Waals surface area contributed by atoms with Crippen molar-refractivity contribution >= 4 is 33.6 Å². The van der Waals surface area contributed by atoms with Crippen molar-refractivity contribution in [3.8, 4) is 0 Å². The highest BCUT2D eigenvalue weighted by molar-refractivity contribution is 6.04. The van der Waals surface area contributed by atoms with Crippen molar-refractivity contribution in [1.29, 1.82) is 0 Å². The Bertz CT molecular complexity index is 1320. The van der Waals surface area contributed by atoms with Gasteiger partial charge in [0.05, 0.1) is 22.5 Å². The highest BCUT2D eigenvalue weighted by Gasteiger charge is 2.23. The maximum Gasteiger partial charge on any atom is 0.275 e. The van der Waals surface area contributed by atoms with E-state index in [1.165, 1.54) is 0 Å². The number of H-pyrrole nitrogens is 1. The van der Waals surface area contributed by atoms with Gasteiger partial charge in [-0.05, 0) is 24.1 Å². The van der Waals surface area contributed by atoms with Crippen molar-refractivity contribution in [3.63, 3.8) is 0 Å². The maximum atomic E-state index is 12.8. The number of aromatic nitrogens is 4. The van der Waals surface area contributed by atoms with Crippen LogP contribution in [0.2, 0.25) is 0 Å². The Morgan fingerprint density at radius 2 is 1.77 bits per heavy atom. The molecule has 0 spiro atoms. The van der Waals surface area contributed by atoms with E-state index in [1.807, 2.05) is 38.1 Å². The molecule has 9 heteroatoms. The van der Waals surface area contributed by atoms with E-state index in [0.717, 1.165) is 15.7 Å². The number of hydrogen-bond acceptors (Lipinski definition) is 5. The molecule has 4 rings (SSSR count). The van der Waals surface area contributed by atoms with Crippen LogP contribution < -0.4 is 16.6 Å². The number of nitrogens with one attached hydrogen (secondary N) is 2. The smallest absolute Gasteiger partial charge is 0.275 e. The van der Waals surface area contributed by atoms with Crippen LogP contribution in [-0.4, -0.2) is 31.6 Å². The summed E-state index contributed by atoms with van der Waals surface area (Å²) in [6, 6.07) is 13.7. The number of fused-ring (bicyclic) bond motifs is 2. The van der Waals surface area contributed by atoms with E-state index in [0.29, 0.717) is 11.2 Å². The zero-order valence-corrected chi connectivity index (χ0v) is 17.1. The minimum Gasteiger partial charge on any atom is -0.364 e. The summed E-state index contributed by atoms with van der Waals surface area (Å²) in [6.45, 7) is 3.57. The summed E-state index contributed by atoms with van der Waals surface area (Å²) in [5, 5.41) is 7.60. The Morgan fingerprint density at radius 1 is 1.10 bits per heavy atom. The molecule has 2 aromatic heterocycles. The Kier molecular flexibility index (Phi) is 5.24. The molecular weight excluding hydrogens is 396 g/mol. The predicted molar refractivity (Wildman–Crippen MR) is 116 cm³/mol. The fraction of sp³-hybridized carbons (Fsp3) is 0.227. The number of hydrogen-bond donors (Lipinski definition) is 3. The van der Waals surface area contributed by atoms with Gasteiger partial charge in [0.2, 0.25) is 5.91 Å². The average Bonchev–Trinajstić information content (AvgIpc) is 3.17. The van der Waals surface area contributed by atoms with Crippen LogP contribution >= 0.6 is 0 Å². The van der Waals surface area contributed by atoms with Crippen molar-refractivity contribution in [2.24, 2.45) is 11.7 Å². The Hall–Kier alpha value is -4.01. The molecule has 0 saturated carbocycles. The molecule has 31 heavy (non-hydrogen) atoms. The molecule has 2 aromatic carbocycles. The second kappa shape index (κ2) is 8.02. The fourth-order valence-electron chi connectivity index (χ4n) is 3.55. The van der Waals surface area contributed by atoms with Gasteiger partial charge in [0, 0.05) is 5.39 Å². The number of nitrogens with two attached hydrogens (primary N) is 1. The van der Waals surface area contributed by atoms with Gasteiger partial charge >= 0.3 is 0 Å². The van der Waals surface area contributed by atoms with Gasteiger partial charge in [0.15, 0.2) is 5.69 Å². The number of amides is 2. The first-order valence-electron chi connectivity index (χ1n) is 9.89. The Balaban J connectivity index is 1.64. The molecular formula is C22H22N6O3. The molecule has 0 aliphatic heterocycles. The first-order valence-corrected chi connectivity index (χ1v) is 9.89. The summed E-state index contributed by atoms with van der Waals surface area (Å²) in [5.74, 6) is -0.541. The van der Waals surface area contributed by atoms with Gasteiger partial charge in [0.25, 0.3) is 11.5 Å². The van der Waals surface area contributed by atoms with Crippen LogP contribution in [-0.2, 0) is 11.3 Å². The molecule has 0 unspecified atom stereocenters. The van der Waals surface area contributed by atoms with Gasteiger partial charge in [-0.15, -0.1) is 0 Å². The van der Waals surface area contributed by atoms with Crippen LogP contribution in [0, 0.1) is 5.92 Å². The third-order valence-corrected chi connectivity index (χ3v) is 5.08. The van der Waals surface area contributed by atoms with Crippen molar-refractivity contribution in [3.05, 3.63) is 70.4 Å². The number of nitrogens with zero attached hydrogens (tertiary/aromatic N) is 3. The molecule has 0 saturated heterocycles. The van der Waals surface area contributed by atoms with E-state index in [-0.39, 0.29) is 23.5 Å². The number of para-hydroxylation sites is 2. The number of imidazole rings is 1. The van der Waals surface area contributed by atoms with Crippen LogP contribution in [0.15, 0.2) is 53.3 Å². The van der Waals surface area contributed by atoms with Gasteiger partial charge < -0.3 is 16.0 Å². The van der Waals surface area contributed by atoms with E-state index in [9.17, 15) is 14.4 Å². The average molecular weight is 418 g/mol. The molecule has 0 fully saturated rings. The van der Waals surface area contributed by atoms with Crippen molar-refractivity contribution < 1.29 is 9.59 Å². The second-order valence-corrected chi connectivity index (χ2v) is 7.65. The Labute approximate surface area is 177 Å². The normalized spacial score (nSPS) is 12.4. The third-order valence-electron chi connectivity index (χ3n) is 5.08. The first-order chi connectivity index (χ1) is 14.8. The van der Waals surface area contributed by atoms with E-state index in [1.54, 1.807) is 24.3 Å². The lowest BCUT2D eigenvalue weighted by Gasteiger charge is -2.20. The molecule has 9 nitrogen and oxygen atoms in total. The van der Waals surface area contributed by atoms with Crippen LogP contribution in [0.1, 0.15) is 36.2 Å². The molecule has 0 aliphatic carbocycles. The Morgan fingerprint density at radius 3 is 2.45 bits per heavy atom. The molecule has 0 radical (unpaired) electrons. The standard InChI is InChI=1S/C22H22N6O3/c1-12(2)18(21-24-15-9-5-6-10-16(15)25-21)26-17(29)11-28-22(31)14-8-4-3-7-13(14)19(27-28)20(23)30/h3-10,12,18H,11H2,1-2H3,(H2,23,30)(H,24,25)(H,26,29)/t18-/m0/s1. The van der Waals surface area contributed by atoms with Gasteiger partial charge in [-0.25, -0.2) is 9.67 Å². The maximum absolute atomic E-state index is 12.8. The quantitative estimate of drug-likeness (QED) is 0.439. The third kappa shape index (κ3) is 3.89. The summed E-state index contributed by atoms with van der Waals surface area (Å²) >= 11 is 0. The fourth-order valence-corrected chi connectivity index (χ4v) is 3.55. The molecule has 1 atom stereocenters. The first kappa shape index (κ1) is 20.3. The number of rotatable bonds is 6. The molecule has 4 aromatic rings. The minimum atomic E-state index is -0.771. The summed E-state index contributed by atoms with van der Waals surface area (Å²) in [5.41, 5.74) is 6.58. The zero-order valence-electron chi connectivity index (χ0n) is 17.1. The SMILES string of the molecule is CC(C)[C@H](NC(=O)Cn1nc(C(N)=O)c2ccccc2c1=O)c1nc2ccccc2[nH]1. The van der Waals surface area contributed by atoms with Crippen LogP contribution in [0.3, 0.4) is 0 Å². The van der Waals surface area contributed by atoms with E-state index in [4.69, 9.17) is 5.73 Å². The van der Waals surface area contributed by atoms with Gasteiger partial charge in [-0.3, -0.25) is 14.4 Å². The highest BCUT2D eigenvalue weighted by atomic mass is 16.2. The summed E-state index contributed by atoms with van der Waals surface area (Å²) in [4.78, 5) is 45.3. The van der Waals surface area contributed by atoms with E-state index in [2.05, 4.69) is 20.4 Å². The van der Waals surface area contributed by atoms with Crippen molar-refractivity contribution in [2.45, 2.75) is 26.4 Å². The predicted octanol–water partition coefficient (Wildman–Crippen LogP) is 1.89. The van der Waals surface area contributed by atoms with Crippen LogP contribution in [0.4, 0.5) is 0 Å². The number of benzene rings is 2. The molecule has 158 valence electrons. The van der Waals surface area contributed by atoms with E-state index >= 15 is 0 Å². The number of carbonyl (C=O) groups excluding carboxylic acids is 2. The highest BCUT2D eigenvalue weighted by Crippen LogP contribution is 2.22. The molecule has 0 aliphatic rings. The summed E-state index contributed by atoms with van der Waals surface area (Å²) in [6.07, 6.45) is 0. The lowest BCUT2D eigenvalue weighted by atomic mass is 10.0. The van der Waals surface area contributed by atoms with E-state index < -0.39 is 23.4 Å². The van der Waals surface area contributed by atoms with Crippen LogP contribution in [0.5, 0.6) is 0 Å². The van der Waals surface area contributed by atoms with Gasteiger partial charge in [-0.2, -0.15) is 5.10 Å². The number of aromatic amines is 1. The lowest BCUT2D eigenvalue weighted by Crippen LogP contribution is -2.38. The summed E-state index contributed by atoms with van der Waals surface area (Å²) in [7, 11) is 0. The zero-order chi connectivity index (χ0) is 22.1. The van der Waals surface area contributed by atoms with Crippen molar-refractivity contribution in [2.75, 3.05) is 0 Å². The topological polar surface area (TPSA) is 136 Å². The van der Waals surface area contributed by atoms with Crippen molar-refractivity contribution in [1.82, 2.24) is 25.1 Å². The molecule has 2 amide bonds.